The zero-order valence-corrected chi connectivity index (χ0v) is 8.53. The molecule has 1 aromatic rings. The fraction of sp³-hybridized carbons (Fsp3) is 0.400. The molecule has 0 bridgehead atoms. The molecule has 5 heteroatoms. The van der Waals surface area contributed by atoms with Crippen LogP contribution in [-0.2, 0) is 0 Å². The normalized spacial score (nSPS) is 15.1. The molecular formula is C10H14N2O3. The molecule has 1 aliphatic rings. The maximum atomic E-state index is 5.86. The number of hydrogen-bond donors (Lipinski definition) is 2. The van der Waals surface area contributed by atoms with E-state index in [0.717, 1.165) is 5.56 Å². The Bertz CT molecular complexity index is 368. The van der Waals surface area contributed by atoms with Gasteiger partial charge in [-0.2, -0.15) is 0 Å². The van der Waals surface area contributed by atoms with E-state index in [-0.39, 0.29) is 12.8 Å². The predicted octanol–water partition coefficient (Wildman–Crippen LogP) is 0.382. The van der Waals surface area contributed by atoms with Gasteiger partial charge in [-0.1, -0.05) is 0 Å². The Morgan fingerprint density at radius 1 is 1.40 bits per heavy atom. The summed E-state index contributed by atoms with van der Waals surface area (Å²) in [5.74, 6) is 2.05. The molecule has 1 aromatic carbocycles. The van der Waals surface area contributed by atoms with Crippen LogP contribution < -0.4 is 25.7 Å². The second kappa shape index (κ2) is 3.96. The predicted molar refractivity (Wildman–Crippen MR) is 55.1 cm³/mol. The van der Waals surface area contributed by atoms with E-state index in [4.69, 9.17) is 25.7 Å². The third kappa shape index (κ3) is 1.71. The van der Waals surface area contributed by atoms with Crippen LogP contribution in [0.5, 0.6) is 17.2 Å². The fourth-order valence-electron chi connectivity index (χ4n) is 1.53. The molecule has 0 aliphatic carbocycles. The highest BCUT2D eigenvalue weighted by Crippen LogP contribution is 2.39. The first-order valence-corrected chi connectivity index (χ1v) is 4.69. The van der Waals surface area contributed by atoms with Crippen molar-refractivity contribution in [1.29, 1.82) is 0 Å². The van der Waals surface area contributed by atoms with Crippen LogP contribution in [0.4, 0.5) is 0 Å². The van der Waals surface area contributed by atoms with E-state index in [0.29, 0.717) is 23.8 Å². The summed E-state index contributed by atoms with van der Waals surface area (Å²) in [7, 11) is 1.59. The van der Waals surface area contributed by atoms with Crippen molar-refractivity contribution in [2.24, 2.45) is 11.5 Å². The molecule has 0 spiro atoms. The van der Waals surface area contributed by atoms with Crippen LogP contribution in [0.3, 0.4) is 0 Å². The first-order valence-electron chi connectivity index (χ1n) is 4.69. The minimum absolute atomic E-state index is 0.236. The van der Waals surface area contributed by atoms with Crippen LogP contribution in [0, 0.1) is 0 Å². The van der Waals surface area contributed by atoms with Crippen molar-refractivity contribution in [3.8, 4) is 17.2 Å². The average molecular weight is 210 g/mol. The Hall–Kier alpha value is -1.46. The van der Waals surface area contributed by atoms with Crippen molar-refractivity contribution >= 4 is 0 Å². The summed E-state index contributed by atoms with van der Waals surface area (Å²) in [6.07, 6.45) is 0. The van der Waals surface area contributed by atoms with Gasteiger partial charge in [-0.15, -0.1) is 0 Å². The first-order chi connectivity index (χ1) is 7.26. The lowest BCUT2D eigenvalue weighted by atomic mass is 10.1. The topological polar surface area (TPSA) is 79.7 Å². The van der Waals surface area contributed by atoms with Gasteiger partial charge in [0.1, 0.15) is 5.75 Å². The summed E-state index contributed by atoms with van der Waals surface area (Å²) in [4.78, 5) is 0. The van der Waals surface area contributed by atoms with Gasteiger partial charge in [0.05, 0.1) is 7.11 Å². The summed E-state index contributed by atoms with van der Waals surface area (Å²) < 4.78 is 15.7. The van der Waals surface area contributed by atoms with Gasteiger partial charge in [0.15, 0.2) is 11.5 Å². The zero-order chi connectivity index (χ0) is 10.8. The number of benzene rings is 1. The Balaban J connectivity index is 2.44. The molecule has 0 radical (unpaired) electrons. The largest absolute Gasteiger partial charge is 0.496 e. The highest BCUT2D eigenvalue weighted by Gasteiger charge is 2.20. The van der Waals surface area contributed by atoms with Crippen molar-refractivity contribution in [3.63, 3.8) is 0 Å². The van der Waals surface area contributed by atoms with Crippen LogP contribution in [0.25, 0.3) is 0 Å². The lowest BCUT2D eigenvalue weighted by Crippen LogP contribution is -2.21. The SMILES string of the molecule is COc1cc2c(cc1[C@H](N)CN)OCO2. The number of nitrogens with two attached hydrogens (primary N) is 2. The van der Waals surface area contributed by atoms with Crippen LogP contribution in [-0.4, -0.2) is 20.4 Å². The van der Waals surface area contributed by atoms with E-state index in [9.17, 15) is 0 Å². The van der Waals surface area contributed by atoms with Crippen LogP contribution in [0.1, 0.15) is 11.6 Å². The number of rotatable bonds is 3. The summed E-state index contributed by atoms with van der Waals surface area (Å²) in [5, 5.41) is 0. The van der Waals surface area contributed by atoms with Crippen LogP contribution in [0.2, 0.25) is 0 Å². The number of hydrogen-bond acceptors (Lipinski definition) is 5. The third-order valence-corrected chi connectivity index (χ3v) is 2.38. The van der Waals surface area contributed by atoms with Gasteiger partial charge >= 0.3 is 0 Å². The molecule has 1 atom stereocenters. The summed E-state index contributed by atoms with van der Waals surface area (Å²) in [6, 6.07) is 3.33. The molecule has 0 saturated heterocycles. The summed E-state index contributed by atoms with van der Waals surface area (Å²) in [5.41, 5.74) is 12.2. The summed E-state index contributed by atoms with van der Waals surface area (Å²) >= 11 is 0. The molecule has 2 rings (SSSR count). The number of ether oxygens (including phenoxy) is 3. The Morgan fingerprint density at radius 3 is 2.67 bits per heavy atom. The average Bonchev–Trinajstić information content (AvgIpc) is 2.73. The van der Waals surface area contributed by atoms with Crippen molar-refractivity contribution < 1.29 is 14.2 Å². The second-order valence-electron chi connectivity index (χ2n) is 3.29. The molecule has 0 fully saturated rings. The van der Waals surface area contributed by atoms with Crippen LogP contribution in [0.15, 0.2) is 12.1 Å². The van der Waals surface area contributed by atoms with E-state index in [2.05, 4.69) is 0 Å². The fourth-order valence-corrected chi connectivity index (χ4v) is 1.53. The molecule has 4 N–H and O–H groups in total. The van der Waals surface area contributed by atoms with E-state index in [1.54, 1.807) is 13.2 Å². The molecule has 0 saturated carbocycles. The minimum atomic E-state index is -0.255. The van der Waals surface area contributed by atoms with E-state index in [1.165, 1.54) is 0 Å². The van der Waals surface area contributed by atoms with Crippen molar-refractivity contribution in [3.05, 3.63) is 17.7 Å². The van der Waals surface area contributed by atoms with Gasteiger partial charge in [0.2, 0.25) is 6.79 Å². The van der Waals surface area contributed by atoms with Gasteiger partial charge < -0.3 is 25.7 Å². The first kappa shape index (κ1) is 10.1. The minimum Gasteiger partial charge on any atom is -0.496 e. The lowest BCUT2D eigenvalue weighted by Gasteiger charge is -2.14. The molecular weight excluding hydrogens is 196 g/mol. The highest BCUT2D eigenvalue weighted by molar-refractivity contribution is 5.52. The van der Waals surface area contributed by atoms with Gasteiger partial charge in [-0.05, 0) is 6.07 Å². The number of methoxy groups -OCH3 is 1. The Labute approximate surface area is 87.9 Å². The Kier molecular flexibility index (Phi) is 2.66. The zero-order valence-electron chi connectivity index (χ0n) is 8.53. The third-order valence-electron chi connectivity index (χ3n) is 2.38. The lowest BCUT2D eigenvalue weighted by molar-refractivity contribution is 0.174. The molecule has 5 nitrogen and oxygen atoms in total. The monoisotopic (exact) mass is 210 g/mol. The maximum Gasteiger partial charge on any atom is 0.231 e. The van der Waals surface area contributed by atoms with E-state index in [1.807, 2.05) is 6.07 Å². The van der Waals surface area contributed by atoms with E-state index < -0.39 is 0 Å². The summed E-state index contributed by atoms with van der Waals surface area (Å²) in [6.45, 7) is 0.593. The second-order valence-corrected chi connectivity index (χ2v) is 3.29. The molecule has 82 valence electrons. The molecule has 15 heavy (non-hydrogen) atoms. The van der Waals surface area contributed by atoms with Gasteiger partial charge in [0.25, 0.3) is 0 Å². The van der Waals surface area contributed by atoms with Crippen LogP contribution >= 0.6 is 0 Å². The molecule has 0 aromatic heterocycles. The number of fused-ring (bicyclic) bond motifs is 1. The van der Waals surface area contributed by atoms with E-state index >= 15 is 0 Å². The molecule has 1 aliphatic heterocycles. The quantitative estimate of drug-likeness (QED) is 0.754. The van der Waals surface area contributed by atoms with Gasteiger partial charge in [-0.3, -0.25) is 0 Å². The van der Waals surface area contributed by atoms with Crippen molar-refractivity contribution in [2.45, 2.75) is 6.04 Å². The van der Waals surface area contributed by atoms with Crippen molar-refractivity contribution in [2.75, 3.05) is 20.4 Å². The highest BCUT2D eigenvalue weighted by atomic mass is 16.7. The molecule has 0 amide bonds. The maximum absolute atomic E-state index is 5.86. The standard InChI is InChI=1S/C10H14N2O3/c1-13-8-3-10-9(14-5-15-10)2-6(8)7(12)4-11/h2-3,7H,4-5,11-12H2,1H3/t7-/m1/s1. The van der Waals surface area contributed by atoms with Crippen molar-refractivity contribution in [1.82, 2.24) is 0 Å². The smallest absolute Gasteiger partial charge is 0.231 e. The Morgan fingerprint density at radius 2 is 2.07 bits per heavy atom. The van der Waals surface area contributed by atoms with Gasteiger partial charge in [0, 0.05) is 24.2 Å². The van der Waals surface area contributed by atoms with Gasteiger partial charge in [-0.25, -0.2) is 0 Å². The molecule has 1 heterocycles. The molecule has 0 unspecified atom stereocenters.